The van der Waals surface area contributed by atoms with E-state index in [9.17, 15) is 18.5 Å². The lowest BCUT2D eigenvalue weighted by Gasteiger charge is -2.31. The van der Waals surface area contributed by atoms with Gasteiger partial charge in [0, 0.05) is 25.3 Å². The van der Waals surface area contributed by atoms with Crippen LogP contribution in [0.15, 0.2) is 11.8 Å². The van der Waals surface area contributed by atoms with Crippen molar-refractivity contribution in [2.24, 2.45) is 0 Å². The number of nitrogens with zero attached hydrogens (tertiary/aromatic N) is 2. The first-order valence-corrected chi connectivity index (χ1v) is 9.59. The molecule has 1 heterocycles. The fourth-order valence-electron chi connectivity index (χ4n) is 3.09. The van der Waals surface area contributed by atoms with Crippen LogP contribution in [0.1, 0.15) is 38.5 Å². The second-order valence-electron chi connectivity index (χ2n) is 6.14. The Kier molecular flexibility index (Phi) is 5.46. The van der Waals surface area contributed by atoms with Gasteiger partial charge in [0.1, 0.15) is 11.6 Å². The summed E-state index contributed by atoms with van der Waals surface area (Å²) in [5.74, 6) is -0.0618. The predicted molar refractivity (Wildman–Crippen MR) is 83.5 cm³/mol. The minimum absolute atomic E-state index is 0.0392. The van der Waals surface area contributed by atoms with Crippen molar-refractivity contribution in [1.29, 1.82) is 5.26 Å². The van der Waals surface area contributed by atoms with Gasteiger partial charge in [0.2, 0.25) is 0 Å². The summed E-state index contributed by atoms with van der Waals surface area (Å²) in [6.45, 7) is 0. The minimum Gasteiger partial charge on any atom is -0.386 e. The van der Waals surface area contributed by atoms with Gasteiger partial charge in [-0.15, -0.1) is 0 Å². The topological polar surface area (TPSA) is 90.3 Å². The highest BCUT2D eigenvalue weighted by Crippen LogP contribution is 2.22. The number of carbonyl (C=O) groups excluding carboxylic acids is 1. The number of amides is 1. The Morgan fingerprint density at radius 3 is 2.50 bits per heavy atom. The van der Waals surface area contributed by atoms with E-state index < -0.39 is 9.84 Å². The van der Waals surface area contributed by atoms with Gasteiger partial charge in [0.05, 0.1) is 11.5 Å². The molecule has 0 radical (unpaired) electrons. The Morgan fingerprint density at radius 2 is 1.95 bits per heavy atom. The number of hydrogen-bond acceptors (Lipinski definition) is 5. The zero-order valence-electron chi connectivity index (χ0n) is 12.9. The Morgan fingerprint density at radius 1 is 1.27 bits per heavy atom. The molecular formula is C15H23N3O3S. The molecule has 1 aliphatic carbocycles. The summed E-state index contributed by atoms with van der Waals surface area (Å²) in [6.07, 6.45) is 7.30. The molecular weight excluding hydrogens is 302 g/mol. The number of carbonyl (C=O) groups is 1. The molecule has 1 amide bonds. The molecule has 1 saturated carbocycles. The molecule has 1 aliphatic heterocycles. The molecule has 0 aromatic rings. The summed E-state index contributed by atoms with van der Waals surface area (Å²) in [4.78, 5) is 14.0. The Hall–Kier alpha value is -1.55. The zero-order valence-corrected chi connectivity index (χ0v) is 13.7. The molecule has 0 bridgehead atoms. The van der Waals surface area contributed by atoms with Crippen molar-refractivity contribution >= 4 is 15.7 Å². The van der Waals surface area contributed by atoms with Gasteiger partial charge < -0.3 is 10.2 Å². The Labute approximate surface area is 132 Å². The summed E-state index contributed by atoms with van der Waals surface area (Å²) >= 11 is 0. The maximum Gasteiger partial charge on any atom is 0.265 e. The van der Waals surface area contributed by atoms with E-state index in [2.05, 4.69) is 5.32 Å². The highest BCUT2D eigenvalue weighted by molar-refractivity contribution is 7.91. The van der Waals surface area contributed by atoms with Gasteiger partial charge in [-0.25, -0.2) is 8.42 Å². The summed E-state index contributed by atoms with van der Waals surface area (Å²) in [6, 6.07) is 1.92. The Bertz CT molecular complexity index is 586. The van der Waals surface area contributed by atoms with Crippen LogP contribution in [0, 0.1) is 11.3 Å². The van der Waals surface area contributed by atoms with Gasteiger partial charge >= 0.3 is 0 Å². The van der Waals surface area contributed by atoms with Crippen LogP contribution in [0.4, 0.5) is 0 Å². The normalized spacial score (nSPS) is 25.5. The third-order valence-corrected chi connectivity index (χ3v) is 6.26. The summed E-state index contributed by atoms with van der Waals surface area (Å²) < 4.78 is 22.8. The van der Waals surface area contributed by atoms with Crippen molar-refractivity contribution in [1.82, 2.24) is 10.2 Å². The van der Waals surface area contributed by atoms with Crippen LogP contribution in [0.2, 0.25) is 0 Å². The number of hydrogen-bond donors (Lipinski definition) is 1. The first-order chi connectivity index (χ1) is 10.4. The fourth-order valence-corrected chi connectivity index (χ4v) is 4.78. The monoisotopic (exact) mass is 325 g/mol. The van der Waals surface area contributed by atoms with Crippen LogP contribution in [-0.4, -0.2) is 49.9 Å². The average molecular weight is 325 g/mol. The maximum atomic E-state index is 12.4. The van der Waals surface area contributed by atoms with E-state index in [1.165, 1.54) is 12.6 Å². The van der Waals surface area contributed by atoms with E-state index in [-0.39, 0.29) is 35.1 Å². The highest BCUT2D eigenvalue weighted by Gasteiger charge is 2.28. The molecule has 1 N–H and O–H groups in total. The van der Waals surface area contributed by atoms with E-state index in [1.807, 2.05) is 6.07 Å². The first-order valence-electron chi connectivity index (χ1n) is 7.77. The SMILES string of the molecule is CN(C(=O)/C(C#N)=C\NC1CCS(=O)(=O)C1)C1CCCCC1. The lowest BCUT2D eigenvalue weighted by Crippen LogP contribution is -2.39. The molecule has 1 saturated heterocycles. The standard InChI is InChI=1S/C15H23N3O3S/c1-18(14-5-3-2-4-6-14)15(19)12(9-16)10-17-13-7-8-22(20,21)11-13/h10,13-14,17H,2-8,11H2,1H3/b12-10-. The third kappa shape index (κ3) is 4.23. The van der Waals surface area contributed by atoms with Crippen LogP contribution in [-0.2, 0) is 14.6 Å². The van der Waals surface area contributed by atoms with Crippen molar-refractivity contribution in [2.75, 3.05) is 18.6 Å². The molecule has 22 heavy (non-hydrogen) atoms. The lowest BCUT2D eigenvalue weighted by molar-refractivity contribution is -0.128. The molecule has 2 aliphatic rings. The minimum atomic E-state index is -2.97. The van der Waals surface area contributed by atoms with E-state index >= 15 is 0 Å². The first kappa shape index (κ1) is 16.8. The van der Waals surface area contributed by atoms with Crippen LogP contribution >= 0.6 is 0 Å². The largest absolute Gasteiger partial charge is 0.386 e. The van der Waals surface area contributed by atoms with Crippen molar-refractivity contribution in [3.63, 3.8) is 0 Å². The maximum absolute atomic E-state index is 12.4. The lowest BCUT2D eigenvalue weighted by atomic mass is 9.94. The number of nitriles is 1. The molecule has 7 heteroatoms. The zero-order chi connectivity index (χ0) is 16.2. The summed E-state index contributed by atoms with van der Waals surface area (Å²) in [5.41, 5.74) is 0.0392. The second kappa shape index (κ2) is 7.14. The van der Waals surface area contributed by atoms with E-state index in [1.54, 1.807) is 11.9 Å². The number of sulfone groups is 1. The van der Waals surface area contributed by atoms with Gasteiger partial charge in [0.15, 0.2) is 9.84 Å². The molecule has 0 aromatic heterocycles. The van der Waals surface area contributed by atoms with Gasteiger partial charge in [-0.3, -0.25) is 4.79 Å². The molecule has 0 spiro atoms. The molecule has 6 nitrogen and oxygen atoms in total. The molecule has 0 aromatic carbocycles. The van der Waals surface area contributed by atoms with Crippen LogP contribution in [0.3, 0.4) is 0 Å². The molecule has 2 rings (SSSR count). The number of nitrogens with one attached hydrogen (secondary N) is 1. The van der Waals surface area contributed by atoms with Crippen molar-refractivity contribution in [3.05, 3.63) is 11.8 Å². The van der Waals surface area contributed by atoms with Crippen molar-refractivity contribution in [2.45, 2.75) is 50.6 Å². The number of rotatable bonds is 4. The van der Waals surface area contributed by atoms with Gasteiger partial charge in [-0.2, -0.15) is 5.26 Å². The van der Waals surface area contributed by atoms with Gasteiger partial charge in [-0.05, 0) is 19.3 Å². The second-order valence-corrected chi connectivity index (χ2v) is 8.37. The van der Waals surface area contributed by atoms with Crippen molar-refractivity contribution < 1.29 is 13.2 Å². The van der Waals surface area contributed by atoms with Crippen LogP contribution in [0.5, 0.6) is 0 Å². The summed E-state index contributed by atoms with van der Waals surface area (Å²) in [5, 5.41) is 12.1. The third-order valence-electron chi connectivity index (χ3n) is 4.49. The van der Waals surface area contributed by atoms with Crippen molar-refractivity contribution in [3.8, 4) is 6.07 Å². The number of likely N-dealkylation sites (N-methyl/N-ethyl adjacent to an activating group) is 1. The smallest absolute Gasteiger partial charge is 0.265 e. The highest BCUT2D eigenvalue weighted by atomic mass is 32.2. The van der Waals surface area contributed by atoms with Crippen LogP contribution < -0.4 is 5.32 Å². The Balaban J connectivity index is 1.96. The summed E-state index contributed by atoms with van der Waals surface area (Å²) in [7, 11) is -1.23. The van der Waals surface area contributed by atoms with Gasteiger partial charge in [0.25, 0.3) is 5.91 Å². The molecule has 122 valence electrons. The van der Waals surface area contributed by atoms with Crippen LogP contribution in [0.25, 0.3) is 0 Å². The predicted octanol–water partition coefficient (Wildman–Crippen LogP) is 0.962. The molecule has 1 atom stereocenters. The van der Waals surface area contributed by atoms with E-state index in [4.69, 9.17) is 0 Å². The quantitative estimate of drug-likeness (QED) is 0.614. The average Bonchev–Trinajstić information content (AvgIpc) is 2.87. The fraction of sp³-hybridized carbons (Fsp3) is 0.733. The molecule has 1 unspecified atom stereocenters. The molecule has 2 fully saturated rings. The van der Waals surface area contributed by atoms with E-state index in [0.717, 1.165) is 25.7 Å². The van der Waals surface area contributed by atoms with E-state index in [0.29, 0.717) is 6.42 Å². The van der Waals surface area contributed by atoms with Gasteiger partial charge in [-0.1, -0.05) is 19.3 Å².